The molecular formula is C17H19N3S. The zero-order chi connectivity index (χ0) is 15.1. The fraction of sp³-hybridized carbons (Fsp3) is 0.294. The molecule has 108 valence electrons. The van der Waals surface area contributed by atoms with Crippen LogP contribution < -0.4 is 0 Å². The summed E-state index contributed by atoms with van der Waals surface area (Å²) >= 11 is 1.71. The van der Waals surface area contributed by atoms with Crippen LogP contribution in [0.4, 0.5) is 0 Å². The number of hydrogen-bond donors (Lipinski definition) is 0. The number of hydrogen-bond acceptors (Lipinski definition) is 4. The first-order valence-corrected chi connectivity index (χ1v) is 8.10. The van der Waals surface area contributed by atoms with Crippen LogP contribution in [0.15, 0.2) is 53.7 Å². The molecule has 3 nitrogen and oxygen atoms in total. The van der Waals surface area contributed by atoms with E-state index in [2.05, 4.69) is 34.3 Å². The lowest BCUT2D eigenvalue weighted by molar-refractivity contribution is 0.295. The summed E-state index contributed by atoms with van der Waals surface area (Å²) in [6, 6.07) is 14.5. The normalized spacial score (nSPS) is 12.1. The van der Waals surface area contributed by atoms with Crippen molar-refractivity contribution in [3.63, 3.8) is 0 Å². The second-order valence-electron chi connectivity index (χ2n) is 4.89. The molecule has 0 radical (unpaired) electrons. The summed E-state index contributed by atoms with van der Waals surface area (Å²) in [7, 11) is 2.00. The Morgan fingerprint density at radius 3 is 2.43 bits per heavy atom. The zero-order valence-electron chi connectivity index (χ0n) is 12.4. The van der Waals surface area contributed by atoms with E-state index in [-0.39, 0.29) is 6.04 Å². The Morgan fingerprint density at radius 1 is 1.19 bits per heavy atom. The highest BCUT2D eigenvalue weighted by Gasteiger charge is 2.16. The van der Waals surface area contributed by atoms with Gasteiger partial charge in [0.15, 0.2) is 0 Å². The third-order valence-corrected chi connectivity index (χ3v) is 4.24. The highest BCUT2D eigenvalue weighted by atomic mass is 32.2. The number of nitrogens with zero attached hydrogens (tertiary/aromatic N) is 3. The van der Waals surface area contributed by atoms with Gasteiger partial charge in [-0.25, -0.2) is 0 Å². The lowest BCUT2D eigenvalue weighted by Crippen LogP contribution is -2.25. The second kappa shape index (κ2) is 7.82. The van der Waals surface area contributed by atoms with Crippen LogP contribution in [0, 0.1) is 11.3 Å². The number of rotatable bonds is 6. The molecule has 1 heterocycles. The maximum Gasteiger partial charge on any atom is 0.123 e. The van der Waals surface area contributed by atoms with Gasteiger partial charge in [0, 0.05) is 23.8 Å². The molecule has 0 aliphatic heterocycles. The van der Waals surface area contributed by atoms with Crippen molar-refractivity contribution < 1.29 is 0 Å². The van der Waals surface area contributed by atoms with E-state index in [4.69, 9.17) is 0 Å². The zero-order valence-corrected chi connectivity index (χ0v) is 13.2. The van der Waals surface area contributed by atoms with Crippen LogP contribution in [0.2, 0.25) is 0 Å². The summed E-state index contributed by atoms with van der Waals surface area (Å²) in [5.74, 6) is 0. The molecule has 4 heteroatoms. The molecule has 1 aromatic heterocycles. The van der Waals surface area contributed by atoms with Crippen molar-refractivity contribution in [2.24, 2.45) is 0 Å². The minimum absolute atomic E-state index is 0.206. The van der Waals surface area contributed by atoms with Crippen LogP contribution >= 0.6 is 11.8 Å². The molecule has 0 spiro atoms. The molecule has 0 saturated carbocycles. The molecule has 0 bridgehead atoms. The molecule has 0 aliphatic rings. The lowest BCUT2D eigenvalue weighted by Gasteiger charge is -2.22. The van der Waals surface area contributed by atoms with Crippen LogP contribution in [0.1, 0.15) is 17.2 Å². The number of likely N-dealkylation sites (N-methyl/N-ethyl adjacent to an activating group) is 1. The third-order valence-electron chi connectivity index (χ3n) is 3.50. The van der Waals surface area contributed by atoms with E-state index in [0.29, 0.717) is 0 Å². The smallest absolute Gasteiger partial charge is 0.123 e. The fourth-order valence-electron chi connectivity index (χ4n) is 2.20. The minimum atomic E-state index is -0.206. The molecule has 2 aromatic rings. The average Bonchev–Trinajstić information content (AvgIpc) is 2.55. The van der Waals surface area contributed by atoms with Crippen molar-refractivity contribution in [3.05, 3.63) is 59.9 Å². The molecular weight excluding hydrogens is 278 g/mol. The standard InChI is InChI=1S/C17H19N3S/c1-20(12-9-14-7-10-19-11-8-14)17(13-18)15-3-5-16(21-2)6-4-15/h3-8,10-11,17H,9,12H2,1-2H3. The molecule has 0 aliphatic carbocycles. The molecule has 0 fully saturated rings. The number of aromatic nitrogens is 1. The summed E-state index contributed by atoms with van der Waals surface area (Å²) in [6.07, 6.45) is 6.58. The van der Waals surface area contributed by atoms with Gasteiger partial charge in [0.25, 0.3) is 0 Å². The summed E-state index contributed by atoms with van der Waals surface area (Å²) in [5.41, 5.74) is 2.29. The van der Waals surface area contributed by atoms with E-state index >= 15 is 0 Å². The predicted molar refractivity (Wildman–Crippen MR) is 87.1 cm³/mol. The van der Waals surface area contributed by atoms with E-state index < -0.39 is 0 Å². The van der Waals surface area contributed by atoms with Gasteiger partial charge in [-0.3, -0.25) is 9.88 Å². The summed E-state index contributed by atoms with van der Waals surface area (Å²) in [6.45, 7) is 0.840. The van der Waals surface area contributed by atoms with Crippen molar-refractivity contribution in [1.29, 1.82) is 5.26 Å². The predicted octanol–water partition coefficient (Wildman–Crippen LogP) is 3.54. The number of nitriles is 1. The number of thioether (sulfide) groups is 1. The largest absolute Gasteiger partial charge is 0.287 e. The van der Waals surface area contributed by atoms with Crippen molar-refractivity contribution in [1.82, 2.24) is 9.88 Å². The third kappa shape index (κ3) is 4.32. The number of benzene rings is 1. The quantitative estimate of drug-likeness (QED) is 0.765. The molecule has 2 rings (SSSR count). The Morgan fingerprint density at radius 2 is 1.86 bits per heavy atom. The van der Waals surface area contributed by atoms with Gasteiger partial charge >= 0.3 is 0 Å². The summed E-state index contributed by atoms with van der Waals surface area (Å²) < 4.78 is 0. The highest BCUT2D eigenvalue weighted by Crippen LogP contribution is 2.22. The topological polar surface area (TPSA) is 39.9 Å². The van der Waals surface area contributed by atoms with E-state index in [0.717, 1.165) is 18.5 Å². The van der Waals surface area contributed by atoms with E-state index in [9.17, 15) is 5.26 Å². The van der Waals surface area contributed by atoms with Crippen LogP contribution in [0.3, 0.4) is 0 Å². The highest BCUT2D eigenvalue weighted by molar-refractivity contribution is 7.98. The first kappa shape index (κ1) is 15.6. The van der Waals surface area contributed by atoms with Crippen molar-refractivity contribution >= 4 is 11.8 Å². The Bertz CT molecular complexity index is 590. The average molecular weight is 297 g/mol. The molecule has 0 N–H and O–H groups in total. The van der Waals surface area contributed by atoms with Gasteiger partial charge in [0.05, 0.1) is 6.07 Å². The van der Waals surface area contributed by atoms with E-state index in [1.807, 2.05) is 31.3 Å². The molecule has 0 saturated heterocycles. The first-order chi connectivity index (χ1) is 10.2. The van der Waals surface area contributed by atoms with E-state index in [1.54, 1.807) is 24.2 Å². The van der Waals surface area contributed by atoms with E-state index in [1.165, 1.54) is 10.5 Å². The van der Waals surface area contributed by atoms with Gasteiger partial charge in [-0.2, -0.15) is 5.26 Å². The molecule has 0 amide bonds. The SMILES string of the molecule is CSc1ccc(C(C#N)N(C)CCc2ccncc2)cc1. The van der Waals surface area contributed by atoms with Crippen LogP contribution in [0.5, 0.6) is 0 Å². The molecule has 21 heavy (non-hydrogen) atoms. The summed E-state index contributed by atoms with van der Waals surface area (Å²) in [5, 5.41) is 9.47. The van der Waals surface area contributed by atoms with Gasteiger partial charge in [-0.05, 0) is 55.1 Å². The lowest BCUT2D eigenvalue weighted by atomic mass is 10.1. The number of pyridine rings is 1. The van der Waals surface area contributed by atoms with Gasteiger partial charge in [0.2, 0.25) is 0 Å². The van der Waals surface area contributed by atoms with Gasteiger partial charge < -0.3 is 0 Å². The van der Waals surface area contributed by atoms with Crippen LogP contribution in [-0.2, 0) is 6.42 Å². The van der Waals surface area contributed by atoms with Crippen LogP contribution in [0.25, 0.3) is 0 Å². The second-order valence-corrected chi connectivity index (χ2v) is 5.77. The molecule has 1 unspecified atom stereocenters. The Kier molecular flexibility index (Phi) is 5.79. The van der Waals surface area contributed by atoms with Gasteiger partial charge in [-0.1, -0.05) is 12.1 Å². The van der Waals surface area contributed by atoms with Crippen molar-refractivity contribution in [2.45, 2.75) is 17.4 Å². The fourth-order valence-corrected chi connectivity index (χ4v) is 2.61. The van der Waals surface area contributed by atoms with Gasteiger partial charge in [-0.15, -0.1) is 11.8 Å². The monoisotopic (exact) mass is 297 g/mol. The van der Waals surface area contributed by atoms with Crippen molar-refractivity contribution in [2.75, 3.05) is 19.8 Å². The first-order valence-electron chi connectivity index (χ1n) is 6.87. The maximum atomic E-state index is 9.47. The van der Waals surface area contributed by atoms with Crippen molar-refractivity contribution in [3.8, 4) is 6.07 Å². The maximum absolute atomic E-state index is 9.47. The van der Waals surface area contributed by atoms with Crippen LogP contribution in [-0.4, -0.2) is 29.7 Å². The molecule has 1 atom stereocenters. The minimum Gasteiger partial charge on any atom is -0.287 e. The molecule has 1 aromatic carbocycles. The Hall–Kier alpha value is -1.83. The summed E-state index contributed by atoms with van der Waals surface area (Å²) in [4.78, 5) is 7.33. The van der Waals surface area contributed by atoms with Gasteiger partial charge in [0.1, 0.15) is 6.04 Å². The Labute approximate surface area is 130 Å². The Balaban J connectivity index is 2.01.